The number of aryl methyl sites for hydroxylation is 2. The number of benzene rings is 2. The third kappa shape index (κ3) is 4.14. The van der Waals surface area contributed by atoms with Crippen LogP contribution in [0.4, 0.5) is 5.69 Å². The molecule has 0 saturated carbocycles. The number of para-hydroxylation sites is 2. The molecule has 0 fully saturated rings. The Hall–Kier alpha value is -2.80. The molecule has 0 bridgehead atoms. The van der Waals surface area contributed by atoms with Crippen LogP contribution >= 0.6 is 11.8 Å². The number of amides is 1. The van der Waals surface area contributed by atoms with Crippen LogP contribution in [0.3, 0.4) is 0 Å². The van der Waals surface area contributed by atoms with Crippen molar-refractivity contribution >= 4 is 23.4 Å². The molecule has 0 spiro atoms. The van der Waals surface area contributed by atoms with Crippen molar-refractivity contribution in [1.82, 2.24) is 14.8 Å². The predicted molar refractivity (Wildman–Crippen MR) is 108 cm³/mol. The second kappa shape index (κ2) is 8.26. The van der Waals surface area contributed by atoms with Gasteiger partial charge >= 0.3 is 0 Å². The fraction of sp³-hybridized carbons (Fsp3) is 0.250. The molecule has 3 rings (SSSR count). The van der Waals surface area contributed by atoms with Crippen LogP contribution in [0.5, 0.6) is 5.75 Å². The second-order valence-corrected chi connectivity index (χ2v) is 7.11. The van der Waals surface area contributed by atoms with E-state index in [0.29, 0.717) is 11.0 Å². The van der Waals surface area contributed by atoms with E-state index in [-0.39, 0.29) is 11.7 Å². The quantitative estimate of drug-likeness (QED) is 0.656. The standard InChI is InChI=1S/C20H22N4O2S/c1-13-8-7-9-14(2)18(13)21-17(25)12-27-20-23-22-19(24(20)3)15-10-5-6-11-16(15)26-4/h5-11H,12H2,1-4H3,(H,21,25). The molecule has 0 aliphatic rings. The number of carbonyl (C=O) groups excluding carboxylic acids is 1. The van der Waals surface area contributed by atoms with Crippen molar-refractivity contribution in [3.8, 4) is 17.1 Å². The van der Waals surface area contributed by atoms with Gasteiger partial charge in [-0.3, -0.25) is 4.79 Å². The lowest BCUT2D eigenvalue weighted by atomic mass is 10.1. The Labute approximate surface area is 163 Å². The molecule has 1 amide bonds. The van der Waals surface area contributed by atoms with Gasteiger partial charge in [0.2, 0.25) is 5.91 Å². The van der Waals surface area contributed by atoms with Gasteiger partial charge in [0.15, 0.2) is 11.0 Å². The minimum absolute atomic E-state index is 0.0701. The van der Waals surface area contributed by atoms with Gasteiger partial charge in [0, 0.05) is 12.7 Å². The Balaban J connectivity index is 1.71. The molecule has 7 heteroatoms. The molecular formula is C20H22N4O2S. The molecule has 6 nitrogen and oxygen atoms in total. The van der Waals surface area contributed by atoms with E-state index >= 15 is 0 Å². The summed E-state index contributed by atoms with van der Waals surface area (Å²) in [4.78, 5) is 12.4. The molecular weight excluding hydrogens is 360 g/mol. The summed E-state index contributed by atoms with van der Waals surface area (Å²) >= 11 is 1.35. The minimum Gasteiger partial charge on any atom is -0.496 e. The molecule has 0 unspecified atom stereocenters. The van der Waals surface area contributed by atoms with Crippen LogP contribution in [0, 0.1) is 13.8 Å². The number of ether oxygens (including phenoxy) is 1. The lowest BCUT2D eigenvalue weighted by Gasteiger charge is -2.11. The molecule has 27 heavy (non-hydrogen) atoms. The zero-order chi connectivity index (χ0) is 19.4. The summed E-state index contributed by atoms with van der Waals surface area (Å²) in [6.45, 7) is 3.97. The molecule has 1 heterocycles. The van der Waals surface area contributed by atoms with Crippen molar-refractivity contribution in [3.63, 3.8) is 0 Å². The maximum atomic E-state index is 12.4. The van der Waals surface area contributed by atoms with Gasteiger partial charge < -0.3 is 14.6 Å². The monoisotopic (exact) mass is 382 g/mol. The van der Waals surface area contributed by atoms with E-state index in [1.54, 1.807) is 7.11 Å². The van der Waals surface area contributed by atoms with E-state index in [0.717, 1.165) is 28.1 Å². The van der Waals surface area contributed by atoms with Gasteiger partial charge in [0.25, 0.3) is 0 Å². The number of thioether (sulfide) groups is 1. The van der Waals surface area contributed by atoms with E-state index < -0.39 is 0 Å². The lowest BCUT2D eigenvalue weighted by Crippen LogP contribution is -2.16. The van der Waals surface area contributed by atoms with Crippen LogP contribution in [-0.2, 0) is 11.8 Å². The SMILES string of the molecule is COc1ccccc1-c1nnc(SCC(=O)Nc2c(C)cccc2C)n1C. The Kier molecular flexibility index (Phi) is 5.81. The summed E-state index contributed by atoms with van der Waals surface area (Å²) in [5, 5.41) is 12.1. The van der Waals surface area contributed by atoms with Crippen molar-refractivity contribution < 1.29 is 9.53 Å². The fourth-order valence-corrected chi connectivity index (χ4v) is 3.53. The summed E-state index contributed by atoms with van der Waals surface area (Å²) in [5.41, 5.74) is 3.83. The number of nitrogens with zero attached hydrogens (tertiary/aromatic N) is 3. The first kappa shape index (κ1) is 19.0. The van der Waals surface area contributed by atoms with Gasteiger partial charge in [-0.1, -0.05) is 42.1 Å². The second-order valence-electron chi connectivity index (χ2n) is 6.17. The molecule has 0 aliphatic heterocycles. The lowest BCUT2D eigenvalue weighted by molar-refractivity contribution is -0.113. The summed E-state index contributed by atoms with van der Waals surface area (Å²) in [7, 11) is 3.51. The maximum Gasteiger partial charge on any atom is 0.234 e. The first-order valence-corrected chi connectivity index (χ1v) is 9.51. The number of rotatable bonds is 6. The zero-order valence-electron chi connectivity index (χ0n) is 15.8. The van der Waals surface area contributed by atoms with E-state index in [9.17, 15) is 4.79 Å². The Morgan fingerprint density at radius 2 is 1.81 bits per heavy atom. The van der Waals surface area contributed by atoms with E-state index in [1.807, 2.05) is 67.9 Å². The third-order valence-corrected chi connectivity index (χ3v) is 5.28. The Morgan fingerprint density at radius 1 is 1.11 bits per heavy atom. The highest BCUT2D eigenvalue weighted by Gasteiger charge is 2.16. The summed E-state index contributed by atoms with van der Waals surface area (Å²) in [6, 6.07) is 13.6. The summed E-state index contributed by atoms with van der Waals surface area (Å²) in [5.74, 6) is 1.62. The average Bonchev–Trinajstić information content (AvgIpc) is 3.03. The zero-order valence-corrected chi connectivity index (χ0v) is 16.6. The minimum atomic E-state index is -0.0701. The molecule has 0 atom stereocenters. The van der Waals surface area contributed by atoms with Crippen molar-refractivity contribution in [2.45, 2.75) is 19.0 Å². The number of hydrogen-bond acceptors (Lipinski definition) is 5. The van der Waals surface area contributed by atoms with Gasteiger partial charge in [-0.2, -0.15) is 0 Å². The van der Waals surface area contributed by atoms with Gasteiger partial charge in [-0.25, -0.2) is 0 Å². The molecule has 2 aromatic carbocycles. The van der Waals surface area contributed by atoms with Crippen LogP contribution in [-0.4, -0.2) is 33.5 Å². The topological polar surface area (TPSA) is 69.0 Å². The van der Waals surface area contributed by atoms with Crippen LogP contribution in [0.2, 0.25) is 0 Å². The highest BCUT2D eigenvalue weighted by molar-refractivity contribution is 7.99. The van der Waals surface area contributed by atoms with Crippen molar-refractivity contribution in [1.29, 1.82) is 0 Å². The van der Waals surface area contributed by atoms with Gasteiger partial charge in [0.1, 0.15) is 5.75 Å². The van der Waals surface area contributed by atoms with Gasteiger partial charge in [-0.15, -0.1) is 10.2 Å². The van der Waals surface area contributed by atoms with Crippen LogP contribution < -0.4 is 10.1 Å². The molecule has 0 aliphatic carbocycles. The Morgan fingerprint density at radius 3 is 2.52 bits per heavy atom. The van der Waals surface area contributed by atoms with Crippen molar-refractivity contribution in [3.05, 3.63) is 53.6 Å². The van der Waals surface area contributed by atoms with E-state index in [1.165, 1.54) is 11.8 Å². The molecule has 0 radical (unpaired) electrons. The van der Waals surface area contributed by atoms with E-state index in [4.69, 9.17) is 4.74 Å². The maximum absolute atomic E-state index is 12.4. The largest absolute Gasteiger partial charge is 0.496 e. The third-order valence-electron chi connectivity index (χ3n) is 4.26. The van der Waals surface area contributed by atoms with Gasteiger partial charge in [0.05, 0.1) is 18.4 Å². The first-order chi connectivity index (χ1) is 13.0. The summed E-state index contributed by atoms with van der Waals surface area (Å²) < 4.78 is 7.27. The van der Waals surface area contributed by atoms with Crippen LogP contribution in [0.15, 0.2) is 47.6 Å². The smallest absolute Gasteiger partial charge is 0.234 e. The highest BCUT2D eigenvalue weighted by Crippen LogP contribution is 2.30. The molecule has 0 saturated heterocycles. The number of anilines is 1. The average molecular weight is 382 g/mol. The van der Waals surface area contributed by atoms with Crippen LogP contribution in [0.25, 0.3) is 11.4 Å². The number of aromatic nitrogens is 3. The molecule has 1 aromatic heterocycles. The normalized spacial score (nSPS) is 10.7. The number of nitrogens with one attached hydrogen (secondary N) is 1. The summed E-state index contributed by atoms with van der Waals surface area (Å²) in [6.07, 6.45) is 0. The van der Waals surface area contributed by atoms with Gasteiger partial charge in [-0.05, 0) is 37.1 Å². The highest BCUT2D eigenvalue weighted by atomic mass is 32.2. The number of carbonyl (C=O) groups is 1. The van der Waals surface area contributed by atoms with E-state index in [2.05, 4.69) is 15.5 Å². The number of hydrogen-bond donors (Lipinski definition) is 1. The van der Waals surface area contributed by atoms with Crippen molar-refractivity contribution in [2.75, 3.05) is 18.2 Å². The Bertz CT molecular complexity index is 948. The molecule has 3 aromatic rings. The van der Waals surface area contributed by atoms with Crippen molar-refractivity contribution in [2.24, 2.45) is 7.05 Å². The molecule has 140 valence electrons. The molecule has 1 N–H and O–H groups in total. The predicted octanol–water partition coefficient (Wildman–Crippen LogP) is 3.84. The van der Waals surface area contributed by atoms with Crippen LogP contribution in [0.1, 0.15) is 11.1 Å². The first-order valence-electron chi connectivity index (χ1n) is 8.53. The number of methoxy groups -OCH3 is 1. The fourth-order valence-electron chi connectivity index (χ4n) is 2.82.